The number of rotatable bonds is 8. The van der Waals surface area contributed by atoms with Crippen LogP contribution in [0.3, 0.4) is 0 Å². The van der Waals surface area contributed by atoms with Gasteiger partial charge in [-0.25, -0.2) is 8.78 Å². The molecule has 1 aromatic carbocycles. The molecule has 0 spiro atoms. The summed E-state index contributed by atoms with van der Waals surface area (Å²) in [5.74, 6) is -1.70. The van der Waals surface area contributed by atoms with Gasteiger partial charge in [0, 0.05) is 19.0 Å². The van der Waals surface area contributed by atoms with E-state index in [2.05, 4.69) is 10.6 Å². The number of hydrogen-bond donors (Lipinski definition) is 2. The molecule has 0 unspecified atom stereocenters. The maximum Gasteiger partial charge on any atom is 0.220 e. The molecule has 0 aliphatic carbocycles. The lowest BCUT2D eigenvalue weighted by atomic mass is 10.1. The lowest BCUT2D eigenvalue weighted by Gasteiger charge is -2.13. The molecule has 0 fully saturated rings. The third kappa shape index (κ3) is 6.10. The van der Waals surface area contributed by atoms with Gasteiger partial charge < -0.3 is 10.6 Å². The Bertz CT molecular complexity index is 438. The second-order valence-electron chi connectivity index (χ2n) is 4.86. The Kier molecular flexibility index (Phi) is 7.15. The summed E-state index contributed by atoms with van der Waals surface area (Å²) >= 11 is 0. The quantitative estimate of drug-likeness (QED) is 0.769. The van der Waals surface area contributed by atoms with Crippen molar-refractivity contribution in [2.75, 3.05) is 13.1 Å². The van der Waals surface area contributed by atoms with E-state index in [4.69, 9.17) is 0 Å². The van der Waals surface area contributed by atoms with Gasteiger partial charge in [0.05, 0.1) is 0 Å². The van der Waals surface area contributed by atoms with Crippen LogP contribution in [0.15, 0.2) is 18.2 Å². The minimum absolute atomic E-state index is 0.0164. The third-order valence-corrected chi connectivity index (χ3v) is 3.01. The summed E-state index contributed by atoms with van der Waals surface area (Å²) in [5.41, 5.74) is 0.706. The minimum Gasteiger partial charge on any atom is -0.355 e. The van der Waals surface area contributed by atoms with Crippen LogP contribution in [0.25, 0.3) is 0 Å². The zero-order valence-electron chi connectivity index (χ0n) is 12.0. The van der Waals surface area contributed by atoms with Crippen LogP contribution < -0.4 is 10.6 Å². The molecule has 0 saturated carbocycles. The second kappa shape index (κ2) is 8.64. The van der Waals surface area contributed by atoms with Crippen molar-refractivity contribution in [2.24, 2.45) is 0 Å². The van der Waals surface area contributed by atoms with Crippen LogP contribution in [0.1, 0.15) is 32.3 Å². The van der Waals surface area contributed by atoms with E-state index in [1.54, 1.807) is 6.07 Å². The highest BCUT2D eigenvalue weighted by Gasteiger charge is 2.06. The molecule has 0 aromatic heterocycles. The average Bonchev–Trinajstić information content (AvgIpc) is 2.41. The number of amides is 1. The highest BCUT2D eigenvalue weighted by molar-refractivity contribution is 5.75. The average molecular weight is 284 g/mol. The predicted molar refractivity (Wildman–Crippen MR) is 75.4 cm³/mol. The van der Waals surface area contributed by atoms with Gasteiger partial charge in [-0.15, -0.1) is 0 Å². The monoisotopic (exact) mass is 284 g/mol. The third-order valence-electron chi connectivity index (χ3n) is 3.01. The Morgan fingerprint density at radius 1 is 1.30 bits per heavy atom. The molecule has 0 radical (unpaired) electrons. The fraction of sp³-hybridized carbons (Fsp3) is 0.533. The van der Waals surface area contributed by atoms with Gasteiger partial charge in [0.2, 0.25) is 5.91 Å². The summed E-state index contributed by atoms with van der Waals surface area (Å²) in [4.78, 5) is 11.6. The van der Waals surface area contributed by atoms with E-state index in [0.29, 0.717) is 31.4 Å². The van der Waals surface area contributed by atoms with E-state index in [0.717, 1.165) is 12.6 Å². The van der Waals surface area contributed by atoms with Crippen molar-refractivity contribution < 1.29 is 13.6 Å². The summed E-state index contributed by atoms with van der Waals surface area (Å²) in [5, 5.41) is 6.04. The molecular formula is C15H22F2N2O. The molecule has 0 aliphatic heterocycles. The number of carbonyl (C=O) groups excluding carboxylic acids is 1. The van der Waals surface area contributed by atoms with E-state index in [9.17, 15) is 13.6 Å². The van der Waals surface area contributed by atoms with Crippen LogP contribution in [0.2, 0.25) is 0 Å². The van der Waals surface area contributed by atoms with E-state index in [1.165, 1.54) is 6.07 Å². The first-order valence-electron chi connectivity index (χ1n) is 6.97. The largest absolute Gasteiger partial charge is 0.355 e. The molecule has 0 saturated heterocycles. The topological polar surface area (TPSA) is 41.1 Å². The SMILES string of the molecule is CCN[C@H](C)CNC(=O)CCCc1ccc(F)c(F)c1. The molecule has 0 bridgehead atoms. The molecule has 112 valence electrons. The summed E-state index contributed by atoms with van der Waals surface area (Å²) in [6, 6.07) is 4.09. The summed E-state index contributed by atoms with van der Waals surface area (Å²) in [7, 11) is 0. The van der Waals surface area contributed by atoms with Crippen LogP contribution in [0, 0.1) is 11.6 Å². The summed E-state index contributed by atoms with van der Waals surface area (Å²) in [6.07, 6.45) is 1.57. The molecule has 3 nitrogen and oxygen atoms in total. The molecule has 2 N–H and O–H groups in total. The van der Waals surface area contributed by atoms with Crippen LogP contribution in [-0.4, -0.2) is 25.0 Å². The van der Waals surface area contributed by atoms with E-state index in [-0.39, 0.29) is 11.9 Å². The van der Waals surface area contributed by atoms with Crippen LogP contribution in [0.4, 0.5) is 8.78 Å². The lowest BCUT2D eigenvalue weighted by Crippen LogP contribution is -2.38. The van der Waals surface area contributed by atoms with Gasteiger partial charge in [0.15, 0.2) is 11.6 Å². The number of halogens is 2. The van der Waals surface area contributed by atoms with Gasteiger partial charge in [-0.05, 0) is 44.0 Å². The first-order valence-corrected chi connectivity index (χ1v) is 6.97. The number of benzene rings is 1. The highest BCUT2D eigenvalue weighted by atomic mass is 19.2. The fourth-order valence-corrected chi connectivity index (χ4v) is 1.92. The zero-order valence-corrected chi connectivity index (χ0v) is 12.0. The van der Waals surface area contributed by atoms with Crippen LogP contribution in [0.5, 0.6) is 0 Å². The molecule has 1 aromatic rings. The predicted octanol–water partition coefficient (Wildman–Crippen LogP) is 2.40. The first kappa shape index (κ1) is 16.6. The highest BCUT2D eigenvalue weighted by Crippen LogP contribution is 2.11. The second-order valence-corrected chi connectivity index (χ2v) is 4.86. The van der Waals surface area contributed by atoms with Crippen LogP contribution >= 0.6 is 0 Å². The van der Waals surface area contributed by atoms with Crippen molar-refractivity contribution in [1.82, 2.24) is 10.6 Å². The smallest absolute Gasteiger partial charge is 0.220 e. The van der Waals surface area contributed by atoms with Gasteiger partial charge in [-0.3, -0.25) is 4.79 Å². The van der Waals surface area contributed by atoms with Gasteiger partial charge in [0.1, 0.15) is 0 Å². The Labute approximate surface area is 118 Å². The zero-order chi connectivity index (χ0) is 15.0. The van der Waals surface area contributed by atoms with Crippen molar-refractivity contribution in [3.63, 3.8) is 0 Å². The summed E-state index contributed by atoms with van der Waals surface area (Å²) in [6.45, 7) is 5.48. The number of likely N-dealkylation sites (N-methyl/N-ethyl adjacent to an activating group) is 1. The number of hydrogen-bond acceptors (Lipinski definition) is 2. The molecule has 1 amide bonds. The normalized spacial score (nSPS) is 12.2. The molecule has 1 atom stereocenters. The van der Waals surface area contributed by atoms with Crippen molar-refractivity contribution in [1.29, 1.82) is 0 Å². The Hall–Kier alpha value is -1.49. The van der Waals surface area contributed by atoms with E-state index in [1.807, 2.05) is 13.8 Å². The number of carbonyl (C=O) groups is 1. The molecular weight excluding hydrogens is 262 g/mol. The van der Waals surface area contributed by atoms with Gasteiger partial charge >= 0.3 is 0 Å². The first-order chi connectivity index (χ1) is 9.52. The molecule has 1 rings (SSSR count). The molecule has 0 aliphatic rings. The standard InChI is InChI=1S/C15H22F2N2O/c1-3-18-11(2)10-19-15(20)6-4-5-12-7-8-13(16)14(17)9-12/h7-9,11,18H,3-6,10H2,1-2H3,(H,19,20)/t11-/m1/s1. The molecule has 5 heteroatoms. The van der Waals surface area contributed by atoms with Gasteiger partial charge in [0.25, 0.3) is 0 Å². The van der Waals surface area contributed by atoms with Crippen molar-refractivity contribution >= 4 is 5.91 Å². The minimum atomic E-state index is -0.844. The van der Waals surface area contributed by atoms with E-state index >= 15 is 0 Å². The van der Waals surface area contributed by atoms with Crippen LogP contribution in [-0.2, 0) is 11.2 Å². The maximum absolute atomic E-state index is 13.0. The van der Waals surface area contributed by atoms with Gasteiger partial charge in [-0.2, -0.15) is 0 Å². The van der Waals surface area contributed by atoms with E-state index < -0.39 is 11.6 Å². The molecule has 0 heterocycles. The number of nitrogens with one attached hydrogen (secondary N) is 2. The maximum atomic E-state index is 13.0. The van der Waals surface area contributed by atoms with Crippen molar-refractivity contribution in [3.8, 4) is 0 Å². The number of aryl methyl sites for hydroxylation is 1. The fourth-order valence-electron chi connectivity index (χ4n) is 1.92. The van der Waals surface area contributed by atoms with Gasteiger partial charge in [-0.1, -0.05) is 13.0 Å². The Balaban J connectivity index is 2.23. The lowest BCUT2D eigenvalue weighted by molar-refractivity contribution is -0.121. The van der Waals surface area contributed by atoms with Crippen molar-refractivity contribution in [2.45, 2.75) is 39.2 Å². The van der Waals surface area contributed by atoms with Crippen molar-refractivity contribution in [3.05, 3.63) is 35.4 Å². The Morgan fingerprint density at radius 3 is 2.70 bits per heavy atom. The molecule has 20 heavy (non-hydrogen) atoms. The Morgan fingerprint density at radius 2 is 2.05 bits per heavy atom. The summed E-state index contributed by atoms with van der Waals surface area (Å²) < 4.78 is 25.7.